The second kappa shape index (κ2) is 9.97. The zero-order valence-electron chi connectivity index (χ0n) is 21.0. The lowest BCUT2D eigenvalue weighted by Crippen LogP contribution is -2.55. The van der Waals surface area contributed by atoms with Crippen LogP contribution in [0.1, 0.15) is 39.9 Å². The van der Waals surface area contributed by atoms with Gasteiger partial charge in [0.2, 0.25) is 17.7 Å². The zero-order chi connectivity index (χ0) is 28.1. The first kappa shape index (κ1) is 27.2. The van der Waals surface area contributed by atoms with Gasteiger partial charge in [0.1, 0.15) is 41.9 Å². The average molecular weight is 513 g/mol. The molecule has 3 aliphatic heterocycles. The number of nitrogens with zero attached hydrogens (tertiary/aromatic N) is 2. The predicted octanol–water partition coefficient (Wildman–Crippen LogP) is -1.93. The van der Waals surface area contributed by atoms with Gasteiger partial charge >= 0.3 is 0 Å². The minimum atomic E-state index is -1.94. The number of fused-ring (bicyclic) bond motifs is 1. The normalized spacial score (nSPS) is 20.2. The summed E-state index contributed by atoms with van der Waals surface area (Å²) < 4.78 is 11.1. The van der Waals surface area contributed by atoms with Crippen LogP contribution in [0.2, 0.25) is 0 Å². The third-order valence-corrected chi connectivity index (χ3v) is 7.19. The summed E-state index contributed by atoms with van der Waals surface area (Å²) in [4.78, 5) is 52.0. The molecule has 3 aliphatic rings. The van der Waals surface area contributed by atoms with Gasteiger partial charge in [0.05, 0.1) is 28.8 Å². The zero-order valence-corrected chi connectivity index (χ0v) is 21.0. The number of hydrogen-bond acceptors (Lipinski definition) is 6. The molecule has 3 heterocycles. The molecular formula is C25H20B5N3O6. The van der Waals surface area contributed by atoms with Gasteiger partial charge in [0, 0.05) is 29.5 Å². The number of carbonyl (C=O) groups is 4. The minimum absolute atomic E-state index is 0.0670. The van der Waals surface area contributed by atoms with Crippen molar-refractivity contribution in [1.29, 1.82) is 0 Å². The molecule has 1 atom stereocenters. The molecule has 5 rings (SSSR count). The van der Waals surface area contributed by atoms with Gasteiger partial charge < -0.3 is 19.3 Å². The minimum Gasteiger partial charge on any atom is -0.502 e. The van der Waals surface area contributed by atoms with Crippen LogP contribution in [-0.2, 0) is 36.4 Å². The molecular weight excluding hydrogens is 492 g/mol. The van der Waals surface area contributed by atoms with Gasteiger partial charge in [-0.15, -0.1) is 0 Å². The Morgan fingerprint density at radius 2 is 1.82 bits per heavy atom. The van der Waals surface area contributed by atoms with E-state index in [1.54, 1.807) is 24.3 Å². The molecule has 10 radical (unpaired) electrons. The first-order chi connectivity index (χ1) is 18.4. The maximum Gasteiger partial charge on any atom is 0.255 e. The molecule has 9 nitrogen and oxygen atoms in total. The van der Waals surface area contributed by atoms with Gasteiger partial charge in [0.25, 0.3) is 5.91 Å². The molecule has 14 heteroatoms. The summed E-state index contributed by atoms with van der Waals surface area (Å²) in [5.41, 5.74) is 1.51. The number of carbonyl (C=O) groups excluding carboxylic acids is 4. The topological polar surface area (TPSA) is 105 Å². The van der Waals surface area contributed by atoms with Crippen molar-refractivity contribution >= 4 is 68.3 Å². The van der Waals surface area contributed by atoms with Crippen molar-refractivity contribution < 1.29 is 28.7 Å². The van der Waals surface area contributed by atoms with Crippen molar-refractivity contribution in [3.63, 3.8) is 0 Å². The van der Waals surface area contributed by atoms with Crippen LogP contribution in [-0.4, -0.2) is 98.5 Å². The number of nitrogens with one attached hydrogen (secondary N) is 1. The fourth-order valence-corrected chi connectivity index (χ4v) is 5.12. The van der Waals surface area contributed by atoms with Crippen molar-refractivity contribution in [2.24, 2.45) is 0 Å². The maximum absolute atomic E-state index is 13.1. The van der Waals surface area contributed by atoms with E-state index in [1.807, 2.05) is 0 Å². The summed E-state index contributed by atoms with van der Waals surface area (Å²) in [5, 5.41) is -1.32. The summed E-state index contributed by atoms with van der Waals surface area (Å²) >= 11 is 0. The summed E-state index contributed by atoms with van der Waals surface area (Å²) in [6, 6.07) is 8.57. The molecule has 1 unspecified atom stereocenters. The van der Waals surface area contributed by atoms with E-state index in [-0.39, 0.29) is 67.0 Å². The monoisotopic (exact) mass is 513 g/mol. The van der Waals surface area contributed by atoms with E-state index in [0.29, 0.717) is 23.3 Å². The van der Waals surface area contributed by atoms with Crippen LogP contribution in [0, 0.1) is 0 Å². The first-order valence-corrected chi connectivity index (χ1v) is 12.3. The van der Waals surface area contributed by atoms with E-state index in [1.165, 1.54) is 21.9 Å². The van der Waals surface area contributed by atoms with Gasteiger partial charge in [-0.3, -0.25) is 24.5 Å². The number of amides is 4. The van der Waals surface area contributed by atoms with Crippen LogP contribution >= 0.6 is 0 Å². The highest BCUT2D eigenvalue weighted by atomic mass is 16.5. The van der Waals surface area contributed by atoms with Crippen LogP contribution in [0.5, 0.6) is 5.75 Å². The molecule has 2 fully saturated rings. The Morgan fingerprint density at radius 3 is 2.51 bits per heavy atom. The highest BCUT2D eigenvalue weighted by Gasteiger charge is 2.41. The Morgan fingerprint density at radius 1 is 1.05 bits per heavy atom. The van der Waals surface area contributed by atoms with Crippen molar-refractivity contribution in [3.05, 3.63) is 58.7 Å². The average Bonchev–Trinajstić information content (AvgIpc) is 3.21. The number of hydrogen-bond donors (Lipinski definition) is 1. The van der Waals surface area contributed by atoms with Crippen molar-refractivity contribution in [1.82, 2.24) is 15.1 Å². The molecule has 0 aromatic heterocycles. The third kappa shape index (κ3) is 4.90. The maximum atomic E-state index is 13.1. The largest absolute Gasteiger partial charge is 0.502 e. The second-order valence-corrected chi connectivity index (χ2v) is 9.80. The molecule has 1 N–H and O–H groups in total. The quantitative estimate of drug-likeness (QED) is 0.357. The van der Waals surface area contributed by atoms with Gasteiger partial charge in [-0.1, -0.05) is 29.7 Å². The van der Waals surface area contributed by atoms with E-state index in [2.05, 4.69) is 5.32 Å². The van der Waals surface area contributed by atoms with E-state index in [9.17, 15) is 19.2 Å². The number of imide groups is 1. The molecule has 0 spiro atoms. The van der Waals surface area contributed by atoms with Crippen molar-refractivity contribution in [2.45, 2.75) is 36.2 Å². The second-order valence-electron chi connectivity index (χ2n) is 9.80. The standard InChI is InChI=1S/C25H20B5N3O6/c26-17-10-13(24(27,28)33-8-9-38-12-21(33)35)4-5-16(17)25(29,30)39-19-3-1-2-14-15(19)11-32(23(14)37)18-6-7-20(34)31-22(18)36/h1-5,10,18H,6-9,11-12H2,(H,31,34,36). The molecule has 0 bridgehead atoms. The van der Waals surface area contributed by atoms with Crippen LogP contribution < -0.4 is 15.5 Å². The lowest BCUT2D eigenvalue weighted by Gasteiger charge is -2.43. The lowest BCUT2D eigenvalue weighted by molar-refractivity contribution is -0.145. The van der Waals surface area contributed by atoms with Crippen molar-refractivity contribution in [2.75, 3.05) is 19.8 Å². The number of benzene rings is 2. The summed E-state index contributed by atoms with van der Waals surface area (Å²) in [6.45, 7) is 0.444. The highest BCUT2D eigenvalue weighted by Crippen LogP contribution is 2.36. The molecule has 0 aliphatic carbocycles. The Balaban J connectivity index is 1.39. The Hall–Kier alpha value is -3.40. The molecule has 4 amide bonds. The van der Waals surface area contributed by atoms with Gasteiger partial charge in [-0.05, 0) is 35.0 Å². The molecule has 2 aromatic rings. The predicted molar refractivity (Wildman–Crippen MR) is 144 cm³/mol. The SMILES string of the molecule is [B]c1cc(C([B])([B])N2CCOCC2=O)ccc1C([B])([B])Oc1cccc2c1CN(C1CCC(=O)NC1=O)C2=O. The molecule has 0 saturated carbocycles. The Kier molecular flexibility index (Phi) is 6.95. The van der Waals surface area contributed by atoms with Crippen LogP contribution in [0.25, 0.3) is 0 Å². The fraction of sp³-hybridized carbons (Fsp3) is 0.360. The van der Waals surface area contributed by atoms with E-state index in [0.717, 1.165) is 0 Å². The number of rotatable bonds is 6. The summed E-state index contributed by atoms with van der Waals surface area (Å²) in [6.07, 6.45) is 0.359. The molecule has 39 heavy (non-hydrogen) atoms. The van der Waals surface area contributed by atoms with Crippen molar-refractivity contribution in [3.8, 4) is 5.75 Å². The third-order valence-electron chi connectivity index (χ3n) is 7.19. The van der Waals surface area contributed by atoms with Crippen LogP contribution in [0.4, 0.5) is 0 Å². The van der Waals surface area contributed by atoms with Gasteiger partial charge in [-0.2, -0.15) is 0 Å². The highest BCUT2D eigenvalue weighted by molar-refractivity contribution is 6.43. The first-order valence-electron chi connectivity index (χ1n) is 12.3. The summed E-state index contributed by atoms with van der Waals surface area (Å²) in [7, 11) is 31.7. The molecule has 2 aromatic carbocycles. The van der Waals surface area contributed by atoms with E-state index < -0.39 is 22.7 Å². The smallest absolute Gasteiger partial charge is 0.255 e. The lowest BCUT2D eigenvalue weighted by atomic mass is 9.54. The van der Waals surface area contributed by atoms with E-state index in [4.69, 9.17) is 48.7 Å². The van der Waals surface area contributed by atoms with Crippen LogP contribution in [0.15, 0.2) is 36.4 Å². The van der Waals surface area contributed by atoms with Gasteiger partial charge in [0.15, 0.2) is 0 Å². The van der Waals surface area contributed by atoms with Crippen LogP contribution in [0.3, 0.4) is 0 Å². The molecule has 186 valence electrons. The van der Waals surface area contributed by atoms with E-state index >= 15 is 0 Å². The Bertz CT molecular complexity index is 1380. The Labute approximate surface area is 232 Å². The number of ether oxygens (including phenoxy) is 2. The molecule has 2 saturated heterocycles. The number of piperidine rings is 1. The number of morpholine rings is 1. The summed E-state index contributed by atoms with van der Waals surface area (Å²) in [5.74, 6) is -1.39. The fourth-order valence-electron chi connectivity index (χ4n) is 5.12. The van der Waals surface area contributed by atoms with Gasteiger partial charge in [-0.25, -0.2) is 0 Å².